The van der Waals surface area contributed by atoms with E-state index in [9.17, 15) is 9.90 Å². The summed E-state index contributed by atoms with van der Waals surface area (Å²) in [6, 6.07) is 11.3. The third kappa shape index (κ3) is 2.68. The summed E-state index contributed by atoms with van der Waals surface area (Å²) < 4.78 is 1.12. The molecule has 1 saturated heterocycles. The summed E-state index contributed by atoms with van der Waals surface area (Å²) in [6.45, 7) is 0.764. The van der Waals surface area contributed by atoms with Gasteiger partial charge >= 0.3 is 5.97 Å². The van der Waals surface area contributed by atoms with Gasteiger partial charge in [-0.05, 0) is 42.7 Å². The van der Waals surface area contributed by atoms with Gasteiger partial charge in [0, 0.05) is 18.9 Å². The van der Waals surface area contributed by atoms with Crippen molar-refractivity contribution in [1.82, 2.24) is 14.9 Å². The molecule has 0 saturated carbocycles. The Kier molecular flexibility index (Phi) is 4.00. The number of carboxylic acids is 1. The van der Waals surface area contributed by atoms with Crippen LogP contribution in [0.1, 0.15) is 29.5 Å². The van der Waals surface area contributed by atoms with E-state index in [1.165, 1.54) is 0 Å². The Balaban J connectivity index is 1.83. The fraction of sp³-hybridized carbons (Fsp3) is 0.278. The van der Waals surface area contributed by atoms with Gasteiger partial charge in [0.2, 0.25) is 0 Å². The molecule has 0 radical (unpaired) electrons. The molecule has 1 fully saturated rings. The highest BCUT2D eigenvalue weighted by Gasteiger charge is 2.38. The molecule has 1 N–H and O–H groups in total. The molecule has 2 atom stereocenters. The Morgan fingerprint density at radius 3 is 2.79 bits per heavy atom. The number of hydrogen-bond donors (Lipinski definition) is 1. The molecule has 0 amide bonds. The summed E-state index contributed by atoms with van der Waals surface area (Å²) in [5.41, 5.74) is 2.00. The van der Waals surface area contributed by atoms with Crippen molar-refractivity contribution in [1.29, 1.82) is 0 Å². The number of para-hydroxylation sites is 1. The third-order valence-corrected chi connectivity index (χ3v) is 5.57. The zero-order chi connectivity index (χ0) is 16.5. The molecular weight excluding hydrogens is 322 g/mol. The van der Waals surface area contributed by atoms with Crippen LogP contribution in [0.15, 0.2) is 48.8 Å². The number of carboxylic acid groups (broad SMARTS) is 1. The molecule has 5 nitrogen and oxygen atoms in total. The molecule has 0 aliphatic carbocycles. The van der Waals surface area contributed by atoms with E-state index in [1.54, 1.807) is 23.7 Å². The molecule has 0 bridgehead atoms. The third-order valence-electron chi connectivity index (χ3n) is 4.48. The van der Waals surface area contributed by atoms with E-state index in [4.69, 9.17) is 4.98 Å². The predicted molar refractivity (Wildman–Crippen MR) is 93.1 cm³/mol. The SMILES string of the molecule is O=C(O)C1CCCN1C(c1ccncc1)c1nc2ccccc2s1. The summed E-state index contributed by atoms with van der Waals surface area (Å²) in [5.74, 6) is -0.757. The number of carbonyl (C=O) groups is 1. The van der Waals surface area contributed by atoms with Crippen LogP contribution in [0.25, 0.3) is 10.2 Å². The minimum atomic E-state index is -0.757. The highest BCUT2D eigenvalue weighted by molar-refractivity contribution is 7.18. The number of benzene rings is 1. The van der Waals surface area contributed by atoms with Crippen LogP contribution in [-0.4, -0.2) is 38.5 Å². The zero-order valence-corrected chi connectivity index (χ0v) is 13.8. The van der Waals surface area contributed by atoms with Crippen molar-refractivity contribution in [2.45, 2.75) is 24.9 Å². The molecule has 4 rings (SSSR count). The Labute approximate surface area is 143 Å². The van der Waals surface area contributed by atoms with Crippen LogP contribution in [0.4, 0.5) is 0 Å². The van der Waals surface area contributed by atoms with Gasteiger partial charge in [-0.2, -0.15) is 0 Å². The van der Waals surface area contributed by atoms with E-state index in [1.807, 2.05) is 30.3 Å². The second kappa shape index (κ2) is 6.30. The van der Waals surface area contributed by atoms with Gasteiger partial charge in [-0.15, -0.1) is 11.3 Å². The van der Waals surface area contributed by atoms with Crippen LogP contribution < -0.4 is 0 Å². The van der Waals surface area contributed by atoms with Gasteiger partial charge in [0.25, 0.3) is 0 Å². The van der Waals surface area contributed by atoms with Crippen molar-refractivity contribution in [3.63, 3.8) is 0 Å². The summed E-state index contributed by atoms with van der Waals surface area (Å²) in [5, 5.41) is 10.5. The van der Waals surface area contributed by atoms with Crippen molar-refractivity contribution in [3.05, 3.63) is 59.4 Å². The number of aliphatic carboxylic acids is 1. The van der Waals surface area contributed by atoms with Gasteiger partial charge in [-0.25, -0.2) is 4.98 Å². The smallest absolute Gasteiger partial charge is 0.320 e. The lowest BCUT2D eigenvalue weighted by atomic mass is 10.1. The molecule has 3 heterocycles. The fourth-order valence-corrected chi connectivity index (χ4v) is 4.51. The first-order valence-corrected chi connectivity index (χ1v) is 8.79. The summed E-state index contributed by atoms with van der Waals surface area (Å²) in [6.07, 6.45) is 5.08. The minimum Gasteiger partial charge on any atom is -0.480 e. The highest BCUT2D eigenvalue weighted by Crippen LogP contribution is 2.38. The van der Waals surface area contributed by atoms with E-state index in [-0.39, 0.29) is 6.04 Å². The molecule has 3 aromatic rings. The highest BCUT2D eigenvalue weighted by atomic mass is 32.1. The maximum atomic E-state index is 11.7. The Bertz CT molecular complexity index is 832. The van der Waals surface area contributed by atoms with Gasteiger partial charge in [0.15, 0.2) is 0 Å². The van der Waals surface area contributed by atoms with Crippen molar-refractivity contribution in [2.24, 2.45) is 0 Å². The minimum absolute atomic E-state index is 0.144. The number of aromatic nitrogens is 2. The maximum Gasteiger partial charge on any atom is 0.320 e. The predicted octanol–water partition coefficient (Wildman–Crippen LogP) is 3.33. The van der Waals surface area contributed by atoms with Gasteiger partial charge in [-0.3, -0.25) is 14.7 Å². The monoisotopic (exact) mass is 339 g/mol. The van der Waals surface area contributed by atoms with Crippen LogP contribution in [0.5, 0.6) is 0 Å². The normalized spacial score (nSPS) is 19.6. The first-order valence-electron chi connectivity index (χ1n) is 7.98. The molecule has 0 spiro atoms. The van der Waals surface area contributed by atoms with E-state index >= 15 is 0 Å². The number of fused-ring (bicyclic) bond motifs is 1. The lowest BCUT2D eigenvalue weighted by Gasteiger charge is -2.30. The largest absolute Gasteiger partial charge is 0.480 e. The molecule has 122 valence electrons. The van der Waals surface area contributed by atoms with Crippen molar-refractivity contribution >= 4 is 27.5 Å². The average molecular weight is 339 g/mol. The number of thiazole rings is 1. The Morgan fingerprint density at radius 1 is 1.25 bits per heavy atom. The summed E-state index contributed by atoms with van der Waals surface area (Å²) >= 11 is 1.63. The first kappa shape index (κ1) is 15.2. The first-order chi connectivity index (χ1) is 11.7. The van der Waals surface area contributed by atoms with Gasteiger partial charge in [0.05, 0.1) is 16.3 Å². The molecular formula is C18H17N3O2S. The van der Waals surface area contributed by atoms with E-state index in [0.717, 1.165) is 33.8 Å². The van der Waals surface area contributed by atoms with Gasteiger partial charge in [-0.1, -0.05) is 12.1 Å². The average Bonchev–Trinajstić information content (AvgIpc) is 3.23. The molecule has 24 heavy (non-hydrogen) atoms. The van der Waals surface area contributed by atoms with Crippen molar-refractivity contribution in [3.8, 4) is 0 Å². The second-order valence-electron chi connectivity index (χ2n) is 5.94. The van der Waals surface area contributed by atoms with Crippen LogP contribution in [0.2, 0.25) is 0 Å². The van der Waals surface area contributed by atoms with E-state index < -0.39 is 12.0 Å². The van der Waals surface area contributed by atoms with Gasteiger partial charge < -0.3 is 5.11 Å². The van der Waals surface area contributed by atoms with Crippen LogP contribution in [0, 0.1) is 0 Å². The summed E-state index contributed by atoms with van der Waals surface area (Å²) in [4.78, 5) is 22.6. The lowest BCUT2D eigenvalue weighted by Crippen LogP contribution is -2.39. The number of rotatable bonds is 4. The number of likely N-dealkylation sites (tertiary alicyclic amines) is 1. The molecule has 1 aromatic carbocycles. The Hall–Kier alpha value is -2.31. The molecule has 1 aliphatic rings. The lowest BCUT2D eigenvalue weighted by molar-refractivity contribution is -0.142. The van der Waals surface area contributed by atoms with Gasteiger partial charge in [0.1, 0.15) is 11.0 Å². The van der Waals surface area contributed by atoms with Crippen LogP contribution in [0.3, 0.4) is 0 Å². The van der Waals surface area contributed by atoms with E-state index in [0.29, 0.717) is 6.42 Å². The Morgan fingerprint density at radius 2 is 2.04 bits per heavy atom. The molecule has 6 heteroatoms. The van der Waals surface area contributed by atoms with Crippen LogP contribution in [-0.2, 0) is 4.79 Å². The number of nitrogens with zero attached hydrogens (tertiary/aromatic N) is 3. The van der Waals surface area contributed by atoms with Crippen molar-refractivity contribution < 1.29 is 9.90 Å². The maximum absolute atomic E-state index is 11.7. The standard InChI is InChI=1S/C18H17N3O2S/c22-18(23)14-5-3-11-21(14)16(12-7-9-19-10-8-12)17-20-13-4-1-2-6-15(13)24-17/h1-2,4,6-10,14,16H,3,5,11H2,(H,22,23). The van der Waals surface area contributed by atoms with E-state index in [2.05, 4.69) is 16.0 Å². The number of pyridine rings is 1. The fourth-order valence-electron chi connectivity index (χ4n) is 3.39. The quantitative estimate of drug-likeness (QED) is 0.790. The molecule has 2 unspecified atom stereocenters. The summed E-state index contributed by atoms with van der Waals surface area (Å²) in [7, 11) is 0. The zero-order valence-electron chi connectivity index (χ0n) is 13.0. The second-order valence-corrected chi connectivity index (χ2v) is 7.00. The van der Waals surface area contributed by atoms with Crippen molar-refractivity contribution in [2.75, 3.05) is 6.54 Å². The topological polar surface area (TPSA) is 66.3 Å². The van der Waals surface area contributed by atoms with Crippen LogP contribution >= 0.6 is 11.3 Å². The number of hydrogen-bond acceptors (Lipinski definition) is 5. The molecule has 2 aromatic heterocycles. The molecule has 1 aliphatic heterocycles.